The first-order valence-electron chi connectivity index (χ1n) is 7.76. The van der Waals surface area contributed by atoms with E-state index in [1.54, 1.807) is 20.1 Å². The first kappa shape index (κ1) is 17.2. The summed E-state index contributed by atoms with van der Waals surface area (Å²) in [6.45, 7) is 1.73. The fraction of sp³-hybridized carbons (Fsp3) is 0.278. The second-order valence-corrected chi connectivity index (χ2v) is 6.72. The van der Waals surface area contributed by atoms with Gasteiger partial charge in [0, 0.05) is 11.5 Å². The van der Waals surface area contributed by atoms with Gasteiger partial charge >= 0.3 is 5.97 Å². The first-order valence-corrected chi connectivity index (χ1v) is 8.58. The summed E-state index contributed by atoms with van der Waals surface area (Å²) in [6, 6.07) is 9.37. The van der Waals surface area contributed by atoms with Gasteiger partial charge in [-0.15, -0.1) is 11.3 Å². The molecule has 0 fully saturated rings. The lowest BCUT2D eigenvalue weighted by molar-refractivity contribution is -0.141. The Balaban J connectivity index is 1.81. The molecule has 3 aromatic rings. The van der Waals surface area contributed by atoms with Crippen molar-refractivity contribution < 1.29 is 19.1 Å². The number of H-pyrrole nitrogens is 1. The van der Waals surface area contributed by atoms with Crippen LogP contribution in [0.5, 0.6) is 5.75 Å². The number of aromatic nitrogens is 2. The van der Waals surface area contributed by atoms with Crippen molar-refractivity contribution in [3.63, 3.8) is 0 Å². The average Bonchev–Trinajstić information content (AvgIpc) is 3.20. The number of nitrogens with one attached hydrogen (secondary N) is 1. The van der Waals surface area contributed by atoms with E-state index in [9.17, 15) is 9.59 Å². The molecule has 130 valence electrons. The van der Waals surface area contributed by atoms with Crippen LogP contribution in [0, 0.1) is 5.92 Å². The van der Waals surface area contributed by atoms with Gasteiger partial charge < -0.3 is 14.5 Å². The Labute approximate surface area is 148 Å². The van der Waals surface area contributed by atoms with Gasteiger partial charge in [-0.1, -0.05) is 6.92 Å². The predicted molar refractivity (Wildman–Crippen MR) is 96.1 cm³/mol. The fourth-order valence-electron chi connectivity index (χ4n) is 2.49. The molecule has 7 heteroatoms. The smallest absolute Gasteiger partial charge is 0.306 e. The molecule has 25 heavy (non-hydrogen) atoms. The van der Waals surface area contributed by atoms with Crippen molar-refractivity contribution in [1.29, 1.82) is 0 Å². The molecule has 0 radical (unpaired) electrons. The molecule has 2 aromatic heterocycles. The van der Waals surface area contributed by atoms with E-state index >= 15 is 0 Å². The van der Waals surface area contributed by atoms with Gasteiger partial charge in [0.25, 0.3) is 0 Å². The lowest BCUT2D eigenvalue weighted by Crippen LogP contribution is -2.15. The van der Waals surface area contributed by atoms with Gasteiger partial charge in [0.15, 0.2) is 5.78 Å². The molecule has 0 amide bonds. The number of imidazole rings is 1. The monoisotopic (exact) mass is 358 g/mol. The second kappa shape index (κ2) is 7.06. The number of methoxy groups -OCH3 is 2. The Morgan fingerprint density at radius 1 is 1.24 bits per heavy atom. The van der Waals surface area contributed by atoms with E-state index in [1.165, 1.54) is 18.4 Å². The number of carbonyl (C=O) groups is 2. The molecule has 2 heterocycles. The van der Waals surface area contributed by atoms with E-state index in [4.69, 9.17) is 4.74 Å². The number of hydrogen-bond donors (Lipinski definition) is 1. The van der Waals surface area contributed by atoms with Gasteiger partial charge in [0.2, 0.25) is 0 Å². The Morgan fingerprint density at radius 3 is 2.56 bits per heavy atom. The molecule has 0 spiro atoms. The fourth-order valence-corrected chi connectivity index (χ4v) is 3.53. The molecule has 0 aliphatic carbocycles. The molecule has 0 bridgehead atoms. The summed E-state index contributed by atoms with van der Waals surface area (Å²) < 4.78 is 9.77. The number of Topliss-reactive ketones (excluding diaryl/α,β-unsaturated/α-hetero) is 1. The SMILES string of the molecule is COC(=O)CC(C)C(=O)c1cc2[nH]c(-c3ccc(OC)cc3)nc2s1. The minimum Gasteiger partial charge on any atom is -0.497 e. The predicted octanol–water partition coefficient (Wildman–Crippen LogP) is 3.68. The second-order valence-electron chi connectivity index (χ2n) is 5.69. The normalized spacial score (nSPS) is 12.1. The summed E-state index contributed by atoms with van der Waals surface area (Å²) in [7, 11) is 2.94. The maximum Gasteiger partial charge on any atom is 0.306 e. The van der Waals surface area contributed by atoms with Crippen molar-refractivity contribution in [2.45, 2.75) is 13.3 Å². The number of rotatable bonds is 6. The molecule has 1 atom stereocenters. The first-order chi connectivity index (χ1) is 12.0. The minimum absolute atomic E-state index is 0.0751. The highest BCUT2D eigenvalue weighted by atomic mass is 32.1. The number of ketones is 1. The van der Waals surface area contributed by atoms with Gasteiger partial charge in [0.1, 0.15) is 16.4 Å². The van der Waals surface area contributed by atoms with Crippen LogP contribution in [0.2, 0.25) is 0 Å². The maximum absolute atomic E-state index is 12.4. The lowest BCUT2D eigenvalue weighted by Gasteiger charge is -2.06. The van der Waals surface area contributed by atoms with Crippen molar-refractivity contribution in [2.75, 3.05) is 14.2 Å². The molecule has 6 nitrogen and oxygen atoms in total. The highest BCUT2D eigenvalue weighted by Crippen LogP contribution is 2.30. The summed E-state index contributed by atoms with van der Waals surface area (Å²) >= 11 is 1.32. The third-order valence-corrected chi connectivity index (χ3v) is 4.98. The van der Waals surface area contributed by atoms with Crippen LogP contribution in [0.4, 0.5) is 0 Å². The quantitative estimate of drug-likeness (QED) is 0.537. The van der Waals surface area contributed by atoms with Gasteiger partial charge in [0.05, 0.1) is 31.0 Å². The largest absolute Gasteiger partial charge is 0.497 e. The molecule has 0 saturated carbocycles. The maximum atomic E-state index is 12.4. The Kier molecular flexibility index (Phi) is 4.85. The molecule has 1 unspecified atom stereocenters. The Bertz CT molecular complexity index is 879. The lowest BCUT2D eigenvalue weighted by atomic mass is 10.0. The molecule has 1 N–H and O–H groups in total. The molecule has 1 aromatic carbocycles. The molecule has 3 rings (SSSR count). The van der Waals surface area contributed by atoms with Gasteiger partial charge in [-0.05, 0) is 30.3 Å². The van der Waals surface area contributed by atoms with Crippen LogP contribution in [-0.2, 0) is 9.53 Å². The summed E-state index contributed by atoms with van der Waals surface area (Å²) in [6.07, 6.45) is 0.0751. The molecular weight excluding hydrogens is 340 g/mol. The molecular formula is C18H18N2O4S. The highest BCUT2D eigenvalue weighted by molar-refractivity contribution is 7.20. The zero-order valence-corrected chi connectivity index (χ0v) is 15.0. The van der Waals surface area contributed by atoms with Crippen LogP contribution >= 0.6 is 11.3 Å². The summed E-state index contributed by atoms with van der Waals surface area (Å²) in [5.41, 5.74) is 1.75. The number of thiophene rings is 1. The minimum atomic E-state index is -0.420. The third-order valence-electron chi connectivity index (χ3n) is 3.93. The van der Waals surface area contributed by atoms with Crippen LogP contribution in [-0.4, -0.2) is 35.9 Å². The standard InChI is InChI=1S/C18H18N2O4S/c1-10(8-15(21)24-3)16(22)14-9-13-18(25-14)20-17(19-13)11-4-6-12(23-2)7-5-11/h4-7,9-10H,8H2,1-3H3,(H,19,20). The van der Waals surface area contributed by atoms with Crippen LogP contribution < -0.4 is 4.74 Å². The number of nitrogens with zero attached hydrogens (tertiary/aromatic N) is 1. The van der Waals surface area contributed by atoms with Gasteiger partial charge in [-0.3, -0.25) is 9.59 Å². The summed E-state index contributed by atoms with van der Waals surface area (Å²) in [4.78, 5) is 32.9. The Hall–Kier alpha value is -2.67. The number of ether oxygens (including phenoxy) is 2. The third kappa shape index (κ3) is 3.56. The van der Waals surface area contributed by atoms with Crippen LogP contribution in [0.25, 0.3) is 21.7 Å². The van der Waals surface area contributed by atoms with Crippen molar-refractivity contribution in [1.82, 2.24) is 9.97 Å². The van der Waals surface area contributed by atoms with E-state index in [0.29, 0.717) is 4.88 Å². The Morgan fingerprint density at radius 2 is 1.96 bits per heavy atom. The molecule has 0 aliphatic heterocycles. The summed E-state index contributed by atoms with van der Waals surface area (Å²) in [5, 5.41) is 0. The van der Waals surface area contributed by atoms with E-state index in [1.807, 2.05) is 24.3 Å². The number of benzene rings is 1. The van der Waals surface area contributed by atoms with Gasteiger partial charge in [-0.2, -0.15) is 0 Å². The number of hydrogen-bond acceptors (Lipinski definition) is 6. The zero-order valence-electron chi connectivity index (χ0n) is 14.2. The number of aromatic amines is 1. The van der Waals surface area contributed by atoms with Crippen molar-refractivity contribution in [3.05, 3.63) is 35.2 Å². The summed E-state index contributed by atoms with van der Waals surface area (Å²) in [5.74, 6) is 0.641. The van der Waals surface area contributed by atoms with E-state index in [2.05, 4.69) is 14.7 Å². The van der Waals surface area contributed by atoms with Crippen molar-refractivity contribution >= 4 is 33.4 Å². The zero-order chi connectivity index (χ0) is 18.0. The van der Waals surface area contributed by atoms with Crippen LogP contribution in [0.15, 0.2) is 30.3 Å². The molecule has 0 aliphatic rings. The highest BCUT2D eigenvalue weighted by Gasteiger charge is 2.22. The number of fused-ring (bicyclic) bond motifs is 1. The number of esters is 1. The number of carbonyl (C=O) groups excluding carboxylic acids is 2. The van der Waals surface area contributed by atoms with Crippen molar-refractivity contribution in [2.24, 2.45) is 5.92 Å². The van der Waals surface area contributed by atoms with E-state index < -0.39 is 5.92 Å². The van der Waals surface area contributed by atoms with Crippen molar-refractivity contribution in [3.8, 4) is 17.1 Å². The molecule has 0 saturated heterocycles. The van der Waals surface area contributed by atoms with E-state index in [0.717, 1.165) is 27.5 Å². The van der Waals surface area contributed by atoms with E-state index in [-0.39, 0.29) is 18.2 Å². The topological polar surface area (TPSA) is 81.3 Å². The van der Waals surface area contributed by atoms with Gasteiger partial charge in [-0.25, -0.2) is 4.98 Å². The van der Waals surface area contributed by atoms with Crippen LogP contribution in [0.1, 0.15) is 23.0 Å². The van der Waals surface area contributed by atoms with Crippen LogP contribution in [0.3, 0.4) is 0 Å². The average molecular weight is 358 g/mol.